The number of ether oxygens (including phenoxy) is 3. The minimum Gasteiger partial charge on any atom is -0.462 e. The second-order valence-corrected chi connectivity index (χ2v) is 16.1. The maximum absolute atomic E-state index is 12.7. The van der Waals surface area contributed by atoms with Gasteiger partial charge in [-0.15, -0.1) is 0 Å². The van der Waals surface area contributed by atoms with Crippen molar-refractivity contribution in [2.75, 3.05) is 13.2 Å². The highest BCUT2D eigenvalue weighted by atomic mass is 16.6. The summed E-state index contributed by atoms with van der Waals surface area (Å²) in [6.07, 6.45) is 56.3. The van der Waals surface area contributed by atoms with E-state index in [1.165, 1.54) is 83.5 Å². The van der Waals surface area contributed by atoms with Gasteiger partial charge in [-0.2, -0.15) is 0 Å². The van der Waals surface area contributed by atoms with E-state index >= 15 is 0 Å². The topological polar surface area (TPSA) is 78.9 Å². The van der Waals surface area contributed by atoms with Gasteiger partial charge in [0.1, 0.15) is 13.2 Å². The summed E-state index contributed by atoms with van der Waals surface area (Å²) in [7, 11) is 0. The number of hydrogen-bond acceptors (Lipinski definition) is 6. The van der Waals surface area contributed by atoms with Crippen LogP contribution in [0, 0.1) is 0 Å². The molecule has 58 heavy (non-hydrogen) atoms. The molecule has 0 aromatic rings. The Morgan fingerprint density at radius 2 is 0.741 bits per heavy atom. The third-order valence-corrected chi connectivity index (χ3v) is 10.3. The maximum atomic E-state index is 12.7. The first-order chi connectivity index (χ1) is 28.5. The second-order valence-electron chi connectivity index (χ2n) is 16.1. The molecule has 0 fully saturated rings. The number of rotatable bonds is 43. The Bertz CT molecular complexity index is 1070. The molecule has 0 spiro atoms. The molecule has 0 bridgehead atoms. The van der Waals surface area contributed by atoms with Crippen LogP contribution in [0.3, 0.4) is 0 Å². The number of carbonyl (C=O) groups is 3. The van der Waals surface area contributed by atoms with Crippen molar-refractivity contribution in [3.05, 3.63) is 60.8 Å². The summed E-state index contributed by atoms with van der Waals surface area (Å²) in [6.45, 7) is 6.46. The van der Waals surface area contributed by atoms with Crippen molar-refractivity contribution in [2.45, 2.75) is 239 Å². The third kappa shape index (κ3) is 44.2. The zero-order valence-electron chi connectivity index (χ0n) is 38.0. The minimum absolute atomic E-state index is 0.0858. The zero-order chi connectivity index (χ0) is 42.3. The van der Waals surface area contributed by atoms with Gasteiger partial charge in [0.25, 0.3) is 0 Å². The van der Waals surface area contributed by atoms with E-state index in [-0.39, 0.29) is 31.1 Å². The fourth-order valence-electron chi connectivity index (χ4n) is 6.66. The predicted molar refractivity (Wildman–Crippen MR) is 247 cm³/mol. The molecule has 0 amide bonds. The molecule has 0 saturated carbocycles. The van der Waals surface area contributed by atoms with E-state index in [2.05, 4.69) is 81.5 Å². The van der Waals surface area contributed by atoms with E-state index in [1.54, 1.807) is 0 Å². The van der Waals surface area contributed by atoms with Crippen LogP contribution in [0.25, 0.3) is 0 Å². The van der Waals surface area contributed by atoms with E-state index in [9.17, 15) is 14.4 Å². The summed E-state index contributed by atoms with van der Waals surface area (Å²) in [4.78, 5) is 37.8. The quantitative estimate of drug-likeness (QED) is 0.0201. The molecule has 6 heteroatoms. The first kappa shape index (κ1) is 55.1. The molecule has 1 atom stereocenters. The molecule has 0 rings (SSSR count). The van der Waals surface area contributed by atoms with Crippen molar-refractivity contribution in [1.82, 2.24) is 0 Å². The van der Waals surface area contributed by atoms with E-state index in [1.807, 2.05) is 0 Å². The van der Waals surface area contributed by atoms with Crippen molar-refractivity contribution in [1.29, 1.82) is 0 Å². The molecule has 0 aromatic carbocycles. The van der Waals surface area contributed by atoms with Gasteiger partial charge in [-0.05, 0) is 70.6 Å². The molecular formula is C52H90O6. The molecule has 0 heterocycles. The zero-order valence-corrected chi connectivity index (χ0v) is 38.0. The number of unbranched alkanes of at least 4 members (excludes halogenated alkanes) is 24. The molecule has 6 nitrogen and oxygen atoms in total. The Hall–Kier alpha value is -2.89. The van der Waals surface area contributed by atoms with Gasteiger partial charge in [-0.1, -0.05) is 204 Å². The lowest BCUT2D eigenvalue weighted by molar-refractivity contribution is -0.167. The van der Waals surface area contributed by atoms with Gasteiger partial charge in [0.05, 0.1) is 0 Å². The molecule has 0 aliphatic rings. The summed E-state index contributed by atoms with van der Waals surface area (Å²) >= 11 is 0. The summed E-state index contributed by atoms with van der Waals surface area (Å²) < 4.78 is 16.7. The van der Waals surface area contributed by atoms with Crippen LogP contribution in [0.1, 0.15) is 233 Å². The number of esters is 3. The SMILES string of the molecule is CC/C=C\C/C=C\CCCCCCCC(=O)OC(COC(=O)CCCCCCC\C=C/C=C\C=C/CCCCCCC)COC(=O)CCCCCCCCCCCC. The largest absolute Gasteiger partial charge is 0.462 e. The van der Waals surface area contributed by atoms with E-state index in [0.717, 1.165) is 109 Å². The number of allylic oxidation sites excluding steroid dienone is 10. The highest BCUT2D eigenvalue weighted by Crippen LogP contribution is 2.14. The lowest BCUT2D eigenvalue weighted by atomic mass is 10.1. The number of hydrogen-bond donors (Lipinski definition) is 0. The lowest BCUT2D eigenvalue weighted by Gasteiger charge is -2.18. The standard InChI is InChI=1S/C52H90O6/c1-4-7-10-13-16-19-22-24-25-26-27-28-29-31-33-36-39-42-45-51(54)57-48-49(47-56-50(53)44-41-38-35-32-21-18-15-12-9-6-3)58-52(55)46-43-40-37-34-30-23-20-17-14-11-8-5-2/h8,11,17,20,22,24-28,49H,4-7,9-10,12-16,18-19,21,23,29-48H2,1-3H3/b11-8-,20-17-,24-22-,26-25-,28-27-. The van der Waals surface area contributed by atoms with Gasteiger partial charge in [-0.25, -0.2) is 0 Å². The molecular weight excluding hydrogens is 721 g/mol. The molecule has 0 aromatic heterocycles. The highest BCUT2D eigenvalue weighted by molar-refractivity contribution is 5.71. The normalized spacial score (nSPS) is 12.5. The van der Waals surface area contributed by atoms with Crippen molar-refractivity contribution < 1.29 is 28.6 Å². The monoisotopic (exact) mass is 811 g/mol. The highest BCUT2D eigenvalue weighted by Gasteiger charge is 2.19. The molecule has 1 unspecified atom stereocenters. The first-order valence-corrected chi connectivity index (χ1v) is 24.3. The van der Waals surface area contributed by atoms with E-state index in [4.69, 9.17) is 14.2 Å². The van der Waals surface area contributed by atoms with Crippen molar-refractivity contribution in [3.8, 4) is 0 Å². The van der Waals surface area contributed by atoms with Crippen LogP contribution >= 0.6 is 0 Å². The molecule has 0 aliphatic heterocycles. The smallest absolute Gasteiger partial charge is 0.306 e. The maximum Gasteiger partial charge on any atom is 0.306 e. The van der Waals surface area contributed by atoms with Crippen molar-refractivity contribution in [3.63, 3.8) is 0 Å². The average molecular weight is 811 g/mol. The Kier molecular flexibility index (Phi) is 44.5. The van der Waals surface area contributed by atoms with Gasteiger partial charge < -0.3 is 14.2 Å². The predicted octanol–water partition coefficient (Wildman–Crippen LogP) is 15.7. The molecule has 0 aliphatic carbocycles. The van der Waals surface area contributed by atoms with Crippen LogP contribution < -0.4 is 0 Å². The average Bonchev–Trinajstić information content (AvgIpc) is 3.22. The van der Waals surface area contributed by atoms with Gasteiger partial charge in [0.2, 0.25) is 0 Å². The van der Waals surface area contributed by atoms with E-state index < -0.39 is 6.10 Å². The summed E-state index contributed by atoms with van der Waals surface area (Å²) in [6, 6.07) is 0. The Morgan fingerprint density at radius 3 is 1.17 bits per heavy atom. The summed E-state index contributed by atoms with van der Waals surface area (Å²) in [5.41, 5.74) is 0. The van der Waals surface area contributed by atoms with Crippen LogP contribution in [0.4, 0.5) is 0 Å². The van der Waals surface area contributed by atoms with Crippen LogP contribution in [0.5, 0.6) is 0 Å². The minimum atomic E-state index is -0.786. The Morgan fingerprint density at radius 1 is 0.379 bits per heavy atom. The van der Waals surface area contributed by atoms with Gasteiger partial charge in [0, 0.05) is 19.3 Å². The van der Waals surface area contributed by atoms with Crippen LogP contribution in [-0.4, -0.2) is 37.2 Å². The summed E-state index contributed by atoms with van der Waals surface area (Å²) in [5, 5.41) is 0. The third-order valence-electron chi connectivity index (χ3n) is 10.3. The fraction of sp³-hybridized carbons (Fsp3) is 0.750. The summed E-state index contributed by atoms with van der Waals surface area (Å²) in [5.74, 6) is -0.923. The Balaban J connectivity index is 4.39. The van der Waals surface area contributed by atoms with Gasteiger partial charge >= 0.3 is 17.9 Å². The first-order valence-electron chi connectivity index (χ1n) is 24.3. The number of carbonyl (C=O) groups excluding carboxylic acids is 3. The van der Waals surface area contributed by atoms with Crippen molar-refractivity contribution in [2.24, 2.45) is 0 Å². The molecule has 0 radical (unpaired) electrons. The van der Waals surface area contributed by atoms with Gasteiger partial charge in [-0.3, -0.25) is 14.4 Å². The van der Waals surface area contributed by atoms with E-state index in [0.29, 0.717) is 19.3 Å². The Labute approximate surface area is 358 Å². The van der Waals surface area contributed by atoms with Crippen molar-refractivity contribution >= 4 is 17.9 Å². The molecule has 334 valence electrons. The fourth-order valence-corrected chi connectivity index (χ4v) is 6.66. The van der Waals surface area contributed by atoms with Crippen LogP contribution in [-0.2, 0) is 28.6 Å². The van der Waals surface area contributed by atoms with Gasteiger partial charge in [0.15, 0.2) is 6.10 Å². The lowest BCUT2D eigenvalue weighted by Crippen LogP contribution is -2.30. The molecule has 0 saturated heterocycles. The molecule has 0 N–H and O–H groups in total. The second kappa shape index (κ2) is 46.8. The van der Waals surface area contributed by atoms with Crippen LogP contribution in [0.2, 0.25) is 0 Å². The van der Waals surface area contributed by atoms with Crippen LogP contribution in [0.15, 0.2) is 60.8 Å².